The zero-order valence-electron chi connectivity index (χ0n) is 15.3. The molecule has 1 aliphatic heterocycles. The van der Waals surface area contributed by atoms with Gasteiger partial charge in [0.1, 0.15) is 11.6 Å². The lowest BCUT2D eigenvalue weighted by atomic mass is 9.44. The number of amides is 2. The third-order valence-electron chi connectivity index (χ3n) is 5.41. The van der Waals surface area contributed by atoms with Gasteiger partial charge in [-0.25, -0.2) is 4.39 Å². The molecule has 3 aliphatic carbocycles. The lowest BCUT2D eigenvalue weighted by Crippen LogP contribution is -2.84. The summed E-state index contributed by atoms with van der Waals surface area (Å²) in [6, 6.07) is 4.01. The van der Waals surface area contributed by atoms with Crippen LogP contribution in [0.5, 0.6) is 5.75 Å². The van der Waals surface area contributed by atoms with E-state index in [1.807, 2.05) is 6.92 Å². The second kappa shape index (κ2) is 7.14. The van der Waals surface area contributed by atoms with Gasteiger partial charge in [-0.05, 0) is 37.8 Å². The van der Waals surface area contributed by atoms with Crippen LogP contribution in [-0.2, 0) is 14.4 Å². The first-order valence-electron chi connectivity index (χ1n) is 9.20. The van der Waals surface area contributed by atoms with Crippen LogP contribution < -0.4 is 26.2 Å². The van der Waals surface area contributed by atoms with E-state index in [1.165, 1.54) is 12.1 Å². The van der Waals surface area contributed by atoms with Crippen LogP contribution in [-0.4, -0.2) is 41.9 Å². The van der Waals surface area contributed by atoms with Crippen LogP contribution >= 0.6 is 11.6 Å². The normalized spacial score (nSPS) is 32.8. The maximum atomic E-state index is 13.4. The summed E-state index contributed by atoms with van der Waals surface area (Å²) in [6.07, 6.45) is 2.06. The molecule has 2 atom stereocenters. The molecule has 4 aliphatic rings. The maximum absolute atomic E-state index is 13.4. The highest BCUT2D eigenvalue weighted by Gasteiger charge is 2.69. The van der Waals surface area contributed by atoms with Crippen LogP contribution in [0.4, 0.5) is 4.39 Å². The smallest absolute Gasteiger partial charge is 0.266 e. The Hall–Kier alpha value is -1.94. The van der Waals surface area contributed by atoms with Gasteiger partial charge < -0.3 is 15.4 Å². The van der Waals surface area contributed by atoms with Gasteiger partial charge in [0.05, 0.1) is 11.2 Å². The molecule has 28 heavy (non-hydrogen) atoms. The molecule has 8 nitrogen and oxygen atoms in total. The topological polar surface area (TPSA) is 101 Å². The molecular weight excluding hydrogens is 391 g/mol. The van der Waals surface area contributed by atoms with E-state index in [9.17, 15) is 14.0 Å². The molecule has 5 rings (SSSR count). The molecule has 10 heteroatoms. The average Bonchev–Trinajstić information content (AvgIpc) is 3.09. The Balaban J connectivity index is 1.19. The third-order valence-corrected chi connectivity index (χ3v) is 5.72. The summed E-state index contributed by atoms with van der Waals surface area (Å²) < 4.78 is 18.7. The predicted octanol–water partition coefficient (Wildman–Crippen LogP) is 0.952. The molecule has 152 valence electrons. The summed E-state index contributed by atoms with van der Waals surface area (Å²) in [7, 11) is 0. The van der Waals surface area contributed by atoms with E-state index >= 15 is 0 Å². The molecule has 4 fully saturated rings. The SMILES string of the molecule is CCC1NOC(C(=O)NC23CC(NC(=O)COc4ccc(Cl)c(F)c4)(C2)C3)N1. The first-order chi connectivity index (χ1) is 13.3. The fourth-order valence-corrected chi connectivity index (χ4v) is 4.28. The molecule has 3 saturated carbocycles. The zero-order valence-corrected chi connectivity index (χ0v) is 16.1. The fourth-order valence-electron chi connectivity index (χ4n) is 4.16. The van der Waals surface area contributed by atoms with Crippen LogP contribution in [0, 0.1) is 5.82 Å². The van der Waals surface area contributed by atoms with Crippen molar-refractivity contribution >= 4 is 23.4 Å². The standard InChI is InChI=1S/C18H22ClFN4O4/c1-2-13-21-16(28-24-13)15(26)23-18-7-17(8-18,9-18)22-14(25)6-27-10-3-4-11(19)12(20)5-10/h3-5,13,16,21,24H,2,6-9H2,1H3,(H,22,25)(H,23,26). The second-order valence-electron chi connectivity index (χ2n) is 7.74. The lowest BCUT2D eigenvalue weighted by Gasteiger charge is -2.70. The molecule has 4 N–H and O–H groups in total. The van der Waals surface area contributed by atoms with Gasteiger partial charge in [-0.3, -0.25) is 19.7 Å². The summed E-state index contributed by atoms with van der Waals surface area (Å²) in [6.45, 7) is 1.77. The van der Waals surface area contributed by atoms with E-state index in [0.29, 0.717) is 19.3 Å². The van der Waals surface area contributed by atoms with E-state index in [1.54, 1.807) is 0 Å². The van der Waals surface area contributed by atoms with Gasteiger partial charge in [0.15, 0.2) is 6.61 Å². The Morgan fingerprint density at radius 1 is 1.32 bits per heavy atom. The first-order valence-corrected chi connectivity index (χ1v) is 9.58. The molecule has 1 aromatic carbocycles. The fraction of sp³-hybridized carbons (Fsp3) is 0.556. The van der Waals surface area contributed by atoms with Crippen LogP contribution in [0.15, 0.2) is 18.2 Å². The molecular formula is C18H22ClFN4O4. The molecule has 2 bridgehead atoms. The summed E-state index contributed by atoms with van der Waals surface area (Å²) >= 11 is 5.61. The number of hydrogen-bond donors (Lipinski definition) is 4. The lowest BCUT2D eigenvalue weighted by molar-refractivity contribution is -0.157. The Morgan fingerprint density at radius 3 is 2.68 bits per heavy atom. The Bertz CT molecular complexity index is 788. The molecule has 0 radical (unpaired) electrons. The maximum Gasteiger partial charge on any atom is 0.266 e. The molecule has 0 spiro atoms. The van der Waals surface area contributed by atoms with Crippen LogP contribution in [0.1, 0.15) is 32.6 Å². The Morgan fingerprint density at radius 2 is 2.04 bits per heavy atom. The van der Waals surface area contributed by atoms with Crippen LogP contribution in [0.3, 0.4) is 0 Å². The first kappa shape index (κ1) is 19.4. The summed E-state index contributed by atoms with van der Waals surface area (Å²) in [5, 5.41) is 8.99. The monoisotopic (exact) mass is 412 g/mol. The molecule has 1 aromatic rings. The molecule has 2 unspecified atom stereocenters. The van der Waals surface area contributed by atoms with E-state index in [2.05, 4.69) is 21.4 Å². The second-order valence-corrected chi connectivity index (χ2v) is 8.14. The highest BCUT2D eigenvalue weighted by atomic mass is 35.5. The predicted molar refractivity (Wildman–Crippen MR) is 97.7 cm³/mol. The summed E-state index contributed by atoms with van der Waals surface area (Å²) in [5.41, 5.74) is 2.19. The number of nitrogens with one attached hydrogen (secondary N) is 4. The van der Waals surface area contributed by atoms with E-state index in [-0.39, 0.29) is 46.4 Å². The van der Waals surface area contributed by atoms with Gasteiger partial charge in [0.25, 0.3) is 11.8 Å². The van der Waals surface area contributed by atoms with E-state index in [4.69, 9.17) is 21.2 Å². The number of benzene rings is 1. The van der Waals surface area contributed by atoms with Crippen molar-refractivity contribution in [3.63, 3.8) is 0 Å². The van der Waals surface area contributed by atoms with Crippen molar-refractivity contribution in [2.75, 3.05) is 6.61 Å². The molecule has 1 saturated heterocycles. The summed E-state index contributed by atoms with van der Waals surface area (Å²) in [5.74, 6) is -0.860. The van der Waals surface area contributed by atoms with E-state index in [0.717, 1.165) is 12.5 Å². The average molecular weight is 413 g/mol. The van der Waals surface area contributed by atoms with Crippen molar-refractivity contribution in [1.82, 2.24) is 21.4 Å². The van der Waals surface area contributed by atoms with Gasteiger partial charge in [-0.1, -0.05) is 18.5 Å². The van der Waals surface area contributed by atoms with Crippen LogP contribution in [0.2, 0.25) is 5.02 Å². The van der Waals surface area contributed by atoms with Gasteiger partial charge in [-0.15, -0.1) is 0 Å². The summed E-state index contributed by atoms with van der Waals surface area (Å²) in [4.78, 5) is 29.7. The highest BCUT2D eigenvalue weighted by Crippen LogP contribution is 2.60. The Kier molecular flexibility index (Phi) is 4.95. The van der Waals surface area contributed by atoms with Gasteiger partial charge in [0, 0.05) is 17.1 Å². The largest absolute Gasteiger partial charge is 0.484 e. The van der Waals surface area contributed by atoms with Gasteiger partial charge in [0.2, 0.25) is 6.23 Å². The zero-order chi connectivity index (χ0) is 19.9. The van der Waals surface area contributed by atoms with Gasteiger partial charge in [-0.2, -0.15) is 5.48 Å². The van der Waals surface area contributed by atoms with E-state index < -0.39 is 12.0 Å². The quantitative estimate of drug-likeness (QED) is 0.532. The highest BCUT2D eigenvalue weighted by molar-refractivity contribution is 6.30. The van der Waals surface area contributed by atoms with Crippen molar-refractivity contribution in [1.29, 1.82) is 0 Å². The minimum atomic E-state index is -0.710. The molecule has 0 aromatic heterocycles. The van der Waals surface area contributed by atoms with Crippen molar-refractivity contribution in [2.45, 2.75) is 56.1 Å². The third kappa shape index (κ3) is 3.67. The van der Waals surface area contributed by atoms with Crippen molar-refractivity contribution < 1.29 is 23.6 Å². The van der Waals surface area contributed by atoms with Crippen LogP contribution in [0.25, 0.3) is 0 Å². The molecule has 2 amide bonds. The van der Waals surface area contributed by atoms with Crippen molar-refractivity contribution in [2.24, 2.45) is 0 Å². The number of hydrogen-bond acceptors (Lipinski definition) is 6. The number of rotatable bonds is 7. The van der Waals surface area contributed by atoms with Crippen molar-refractivity contribution in [3.05, 3.63) is 29.0 Å². The number of halogens is 2. The Labute approximate surface area is 166 Å². The number of hydroxylamine groups is 1. The minimum absolute atomic E-state index is 0.00258. The molecule has 1 heterocycles. The number of carbonyl (C=O) groups is 2. The number of ether oxygens (including phenoxy) is 1. The van der Waals surface area contributed by atoms with Crippen molar-refractivity contribution in [3.8, 4) is 5.75 Å². The minimum Gasteiger partial charge on any atom is -0.484 e. The number of carbonyl (C=O) groups excluding carboxylic acids is 2. The van der Waals surface area contributed by atoms with Gasteiger partial charge >= 0.3 is 0 Å².